The van der Waals surface area contributed by atoms with Crippen LogP contribution in [0, 0.1) is 6.92 Å². The molecule has 5 rings (SSSR count). The summed E-state index contributed by atoms with van der Waals surface area (Å²) < 4.78 is 9.26. The van der Waals surface area contributed by atoms with Crippen molar-refractivity contribution in [3.8, 4) is 28.5 Å². The Labute approximate surface area is 150 Å². The van der Waals surface area contributed by atoms with Gasteiger partial charge in [-0.3, -0.25) is 4.68 Å². The van der Waals surface area contributed by atoms with Gasteiger partial charge in [-0.2, -0.15) is 10.2 Å². The Morgan fingerprint density at radius 2 is 1.96 bits per heavy atom. The van der Waals surface area contributed by atoms with Crippen LogP contribution in [0.3, 0.4) is 0 Å². The maximum absolute atomic E-state index is 5.59. The average Bonchev–Trinajstić information content (AvgIpc) is 3.10. The van der Waals surface area contributed by atoms with E-state index in [1.54, 1.807) is 6.20 Å². The van der Waals surface area contributed by atoms with E-state index >= 15 is 0 Å². The van der Waals surface area contributed by atoms with Gasteiger partial charge in [-0.15, -0.1) is 0 Å². The van der Waals surface area contributed by atoms with Gasteiger partial charge in [-0.1, -0.05) is 23.4 Å². The highest BCUT2D eigenvalue weighted by Crippen LogP contribution is 2.39. The molecule has 0 atom stereocenters. The van der Waals surface area contributed by atoms with Crippen LogP contribution in [0.4, 0.5) is 0 Å². The van der Waals surface area contributed by atoms with Gasteiger partial charge in [0.2, 0.25) is 0 Å². The Morgan fingerprint density at radius 1 is 1.15 bits per heavy atom. The molecule has 0 aliphatic heterocycles. The molecular weight excluding hydrogens is 328 g/mol. The zero-order valence-corrected chi connectivity index (χ0v) is 14.6. The van der Waals surface area contributed by atoms with E-state index in [1.165, 1.54) is 0 Å². The molecule has 1 fully saturated rings. The Hall–Kier alpha value is -3.22. The third kappa shape index (κ3) is 2.44. The highest BCUT2D eigenvalue weighted by atomic mass is 16.5. The lowest BCUT2D eigenvalue weighted by molar-refractivity contribution is 0.434. The van der Waals surface area contributed by atoms with Gasteiger partial charge in [0.15, 0.2) is 23.1 Å². The number of aryl methyl sites for hydroxylation is 1. The molecule has 7 heteroatoms. The first-order chi connectivity index (χ1) is 12.7. The Bertz CT molecular complexity index is 1070. The average molecular weight is 346 g/mol. The summed E-state index contributed by atoms with van der Waals surface area (Å²) in [5.74, 6) is 2.73. The van der Waals surface area contributed by atoms with Crippen LogP contribution in [-0.4, -0.2) is 29.7 Å². The van der Waals surface area contributed by atoms with Crippen LogP contribution in [0.15, 0.2) is 47.1 Å². The predicted molar refractivity (Wildman–Crippen MR) is 95.8 cm³/mol. The van der Waals surface area contributed by atoms with Gasteiger partial charge < -0.3 is 4.52 Å². The van der Waals surface area contributed by atoms with Crippen molar-refractivity contribution in [2.75, 3.05) is 0 Å². The van der Waals surface area contributed by atoms with Gasteiger partial charge in [0.25, 0.3) is 0 Å². The lowest BCUT2D eigenvalue weighted by Gasteiger charge is -2.02. The smallest absolute Gasteiger partial charge is 0.185 e. The van der Waals surface area contributed by atoms with Crippen molar-refractivity contribution in [1.82, 2.24) is 29.7 Å². The van der Waals surface area contributed by atoms with Crippen LogP contribution in [0.2, 0.25) is 0 Å². The molecule has 130 valence electrons. The molecule has 0 radical (unpaired) electrons. The Morgan fingerprint density at radius 3 is 2.65 bits per heavy atom. The number of para-hydroxylation sites is 1. The Kier molecular flexibility index (Phi) is 3.28. The molecule has 0 N–H and O–H groups in total. The number of hydrogen-bond acceptors (Lipinski definition) is 5. The topological polar surface area (TPSA) is 74.6 Å². The highest BCUT2D eigenvalue weighted by Gasteiger charge is 2.30. The van der Waals surface area contributed by atoms with Crippen molar-refractivity contribution >= 4 is 0 Å². The second kappa shape index (κ2) is 5.66. The summed E-state index contributed by atoms with van der Waals surface area (Å²) in [6.45, 7) is 2.00. The molecule has 4 aromatic rings. The number of rotatable bonds is 4. The minimum Gasteiger partial charge on any atom is -0.355 e. The van der Waals surface area contributed by atoms with Crippen LogP contribution in [0.5, 0.6) is 0 Å². The van der Waals surface area contributed by atoms with Crippen LogP contribution >= 0.6 is 0 Å². The minimum absolute atomic E-state index is 0.464. The third-order valence-corrected chi connectivity index (χ3v) is 4.81. The zero-order chi connectivity index (χ0) is 17.7. The number of aromatic nitrogens is 6. The molecule has 1 aliphatic carbocycles. The zero-order valence-electron chi connectivity index (χ0n) is 14.6. The SMILES string of the molecule is Cc1c(-c2cc(-c3nc(C4CC4)nn3-c3ccccc3)no2)cnn1C. The van der Waals surface area contributed by atoms with E-state index in [9.17, 15) is 0 Å². The highest BCUT2D eigenvalue weighted by molar-refractivity contribution is 5.65. The maximum Gasteiger partial charge on any atom is 0.185 e. The summed E-state index contributed by atoms with van der Waals surface area (Å²) in [6, 6.07) is 11.9. The predicted octanol–water partition coefficient (Wildman–Crippen LogP) is 3.51. The maximum atomic E-state index is 5.59. The van der Waals surface area contributed by atoms with Crippen molar-refractivity contribution in [1.29, 1.82) is 0 Å². The second-order valence-corrected chi connectivity index (χ2v) is 6.66. The van der Waals surface area contributed by atoms with E-state index in [2.05, 4.69) is 10.3 Å². The Balaban J connectivity index is 1.61. The first-order valence-electron chi connectivity index (χ1n) is 8.69. The standard InChI is InChI=1S/C19H18N6O/c1-12-15(11-20-24(12)2)17-10-16(23-26-17)19-21-18(13-8-9-13)22-25(19)14-6-4-3-5-7-14/h3-7,10-11,13H,8-9H2,1-2H3. The summed E-state index contributed by atoms with van der Waals surface area (Å²) in [6.07, 6.45) is 4.09. The summed E-state index contributed by atoms with van der Waals surface area (Å²) in [5, 5.41) is 13.3. The first-order valence-corrected chi connectivity index (χ1v) is 8.69. The molecule has 26 heavy (non-hydrogen) atoms. The van der Waals surface area contributed by atoms with E-state index in [4.69, 9.17) is 14.6 Å². The lowest BCUT2D eigenvalue weighted by atomic mass is 10.2. The molecule has 0 saturated heterocycles. The molecule has 7 nitrogen and oxygen atoms in total. The van der Waals surface area contributed by atoms with Gasteiger partial charge in [-0.05, 0) is 31.9 Å². The van der Waals surface area contributed by atoms with E-state index < -0.39 is 0 Å². The van der Waals surface area contributed by atoms with E-state index in [0.717, 1.165) is 35.6 Å². The van der Waals surface area contributed by atoms with E-state index in [1.807, 2.05) is 59.7 Å². The molecule has 1 aliphatic rings. The minimum atomic E-state index is 0.464. The van der Waals surface area contributed by atoms with Crippen molar-refractivity contribution in [2.45, 2.75) is 25.7 Å². The summed E-state index contributed by atoms with van der Waals surface area (Å²) in [4.78, 5) is 4.76. The van der Waals surface area contributed by atoms with Gasteiger partial charge in [0.1, 0.15) is 0 Å². The molecule has 1 aromatic carbocycles. The fourth-order valence-corrected chi connectivity index (χ4v) is 3.01. The van der Waals surface area contributed by atoms with E-state index in [-0.39, 0.29) is 0 Å². The molecule has 3 aromatic heterocycles. The summed E-state index contributed by atoms with van der Waals surface area (Å²) >= 11 is 0. The van der Waals surface area contributed by atoms with Gasteiger partial charge in [0.05, 0.1) is 17.4 Å². The lowest BCUT2D eigenvalue weighted by Crippen LogP contribution is -1.99. The van der Waals surface area contributed by atoms with Gasteiger partial charge >= 0.3 is 0 Å². The molecule has 0 unspecified atom stereocenters. The fraction of sp³-hybridized carbons (Fsp3) is 0.263. The van der Waals surface area contributed by atoms with Crippen molar-refractivity contribution < 1.29 is 4.52 Å². The molecule has 0 spiro atoms. The number of hydrogen-bond donors (Lipinski definition) is 0. The van der Waals surface area contributed by atoms with Crippen LogP contribution in [0.25, 0.3) is 28.5 Å². The summed E-state index contributed by atoms with van der Waals surface area (Å²) in [5.41, 5.74) is 3.59. The molecule has 3 heterocycles. The van der Waals surface area contributed by atoms with Crippen molar-refractivity contribution in [3.05, 3.63) is 54.1 Å². The number of nitrogens with zero attached hydrogens (tertiary/aromatic N) is 6. The van der Waals surface area contributed by atoms with Gasteiger partial charge in [-0.25, -0.2) is 9.67 Å². The normalized spacial score (nSPS) is 14.1. The van der Waals surface area contributed by atoms with Crippen LogP contribution < -0.4 is 0 Å². The summed E-state index contributed by atoms with van der Waals surface area (Å²) in [7, 11) is 1.91. The van der Waals surface area contributed by atoms with Crippen LogP contribution in [0.1, 0.15) is 30.3 Å². The quantitative estimate of drug-likeness (QED) is 0.565. The third-order valence-electron chi connectivity index (χ3n) is 4.81. The first kappa shape index (κ1) is 15.1. The molecule has 1 saturated carbocycles. The van der Waals surface area contributed by atoms with Crippen molar-refractivity contribution in [3.63, 3.8) is 0 Å². The monoisotopic (exact) mass is 346 g/mol. The molecule has 0 bridgehead atoms. The molecule has 0 amide bonds. The van der Waals surface area contributed by atoms with E-state index in [0.29, 0.717) is 23.2 Å². The second-order valence-electron chi connectivity index (χ2n) is 6.66. The van der Waals surface area contributed by atoms with Crippen LogP contribution in [-0.2, 0) is 7.05 Å². The molecular formula is C19H18N6O. The van der Waals surface area contributed by atoms with Crippen molar-refractivity contribution in [2.24, 2.45) is 7.05 Å². The fourth-order valence-electron chi connectivity index (χ4n) is 3.01. The van der Waals surface area contributed by atoms with Gasteiger partial charge in [0, 0.05) is 24.7 Å². The largest absolute Gasteiger partial charge is 0.355 e. The number of benzene rings is 1.